The van der Waals surface area contributed by atoms with Crippen LogP contribution in [0.3, 0.4) is 0 Å². The smallest absolute Gasteiger partial charge is 0.269 e. The van der Waals surface area contributed by atoms with E-state index in [9.17, 15) is 10.1 Å². The van der Waals surface area contributed by atoms with E-state index in [-0.39, 0.29) is 5.69 Å². The summed E-state index contributed by atoms with van der Waals surface area (Å²) < 4.78 is 0. The molecule has 21 heavy (non-hydrogen) atoms. The predicted octanol–water partition coefficient (Wildman–Crippen LogP) is 3.42. The van der Waals surface area contributed by atoms with Crippen LogP contribution in [0.5, 0.6) is 0 Å². The average Bonchev–Trinajstić information content (AvgIpc) is 2.94. The van der Waals surface area contributed by atoms with Crippen LogP contribution in [0.15, 0.2) is 42.6 Å². The maximum absolute atomic E-state index is 10.7. The van der Waals surface area contributed by atoms with Crippen molar-refractivity contribution in [1.82, 2.24) is 9.88 Å². The molecule has 1 aromatic carbocycles. The van der Waals surface area contributed by atoms with E-state index in [2.05, 4.69) is 23.0 Å². The Balaban J connectivity index is 1.82. The summed E-state index contributed by atoms with van der Waals surface area (Å²) in [6, 6.07) is 11.1. The van der Waals surface area contributed by atoms with Crippen LogP contribution in [0.2, 0.25) is 0 Å². The first-order valence-corrected chi connectivity index (χ1v) is 7.06. The molecule has 1 aromatic heterocycles. The highest BCUT2D eigenvalue weighted by Crippen LogP contribution is 2.30. The summed E-state index contributed by atoms with van der Waals surface area (Å²) in [5.41, 5.74) is 3.07. The van der Waals surface area contributed by atoms with E-state index in [1.165, 1.54) is 30.5 Å². The van der Waals surface area contributed by atoms with Crippen LogP contribution >= 0.6 is 0 Å². The van der Waals surface area contributed by atoms with E-state index in [1.54, 1.807) is 12.1 Å². The second kappa shape index (κ2) is 5.61. The van der Waals surface area contributed by atoms with Crippen molar-refractivity contribution in [2.45, 2.75) is 18.9 Å². The molecule has 0 aliphatic carbocycles. The lowest BCUT2D eigenvalue weighted by Gasteiger charge is -2.19. The summed E-state index contributed by atoms with van der Waals surface area (Å²) in [6.07, 6.45) is 4.32. The fourth-order valence-electron chi connectivity index (χ4n) is 2.86. The van der Waals surface area contributed by atoms with Crippen LogP contribution in [0, 0.1) is 10.1 Å². The van der Waals surface area contributed by atoms with Crippen LogP contribution < -0.4 is 0 Å². The van der Waals surface area contributed by atoms with Gasteiger partial charge in [0, 0.05) is 29.9 Å². The Morgan fingerprint density at radius 1 is 1.24 bits per heavy atom. The average molecular weight is 283 g/mol. The summed E-state index contributed by atoms with van der Waals surface area (Å²) in [5, 5.41) is 10.7. The number of non-ortho nitro benzene ring substituents is 1. The summed E-state index contributed by atoms with van der Waals surface area (Å²) >= 11 is 0. The van der Waals surface area contributed by atoms with Crippen molar-refractivity contribution >= 4 is 5.69 Å². The molecule has 1 aliphatic heterocycles. The van der Waals surface area contributed by atoms with Gasteiger partial charge >= 0.3 is 0 Å². The fourth-order valence-corrected chi connectivity index (χ4v) is 2.86. The molecule has 0 saturated carbocycles. The molecule has 1 unspecified atom stereocenters. The van der Waals surface area contributed by atoms with Crippen molar-refractivity contribution in [3.8, 4) is 11.3 Å². The topological polar surface area (TPSA) is 59.3 Å². The van der Waals surface area contributed by atoms with Gasteiger partial charge in [0.2, 0.25) is 0 Å². The highest BCUT2D eigenvalue weighted by molar-refractivity contribution is 5.60. The molecular formula is C16H17N3O2. The lowest BCUT2D eigenvalue weighted by atomic mass is 10.0. The second-order valence-corrected chi connectivity index (χ2v) is 5.42. The number of hydrogen-bond donors (Lipinski definition) is 0. The van der Waals surface area contributed by atoms with Gasteiger partial charge < -0.3 is 0 Å². The third kappa shape index (κ3) is 2.78. The molecule has 0 spiro atoms. The number of nitrogens with zero attached hydrogens (tertiary/aromatic N) is 3. The number of benzene rings is 1. The van der Waals surface area contributed by atoms with E-state index >= 15 is 0 Å². The quantitative estimate of drug-likeness (QED) is 0.639. The molecule has 0 amide bonds. The van der Waals surface area contributed by atoms with E-state index in [0.29, 0.717) is 6.04 Å². The van der Waals surface area contributed by atoms with Gasteiger partial charge in [-0.3, -0.25) is 20.0 Å². The van der Waals surface area contributed by atoms with Crippen molar-refractivity contribution < 1.29 is 4.92 Å². The van der Waals surface area contributed by atoms with E-state index < -0.39 is 4.92 Å². The summed E-state index contributed by atoms with van der Waals surface area (Å²) in [5.74, 6) is 0. The first kappa shape index (κ1) is 13.7. The van der Waals surface area contributed by atoms with Crippen molar-refractivity contribution in [3.05, 3.63) is 58.3 Å². The molecule has 3 rings (SSSR count). The van der Waals surface area contributed by atoms with Crippen LogP contribution in [-0.2, 0) is 0 Å². The van der Waals surface area contributed by atoms with Crippen molar-refractivity contribution in [1.29, 1.82) is 0 Å². The van der Waals surface area contributed by atoms with Gasteiger partial charge in [0.1, 0.15) is 0 Å². The van der Waals surface area contributed by atoms with Gasteiger partial charge in [0.25, 0.3) is 5.69 Å². The molecule has 0 N–H and O–H groups in total. The standard InChI is InChI=1S/C16H17N3O2/c1-18-10-2-3-16(18)13-6-9-15(17-11-13)12-4-7-14(8-5-12)19(20)21/h4-9,11,16H,2-3,10H2,1H3. The lowest BCUT2D eigenvalue weighted by molar-refractivity contribution is -0.384. The van der Waals surface area contributed by atoms with Gasteiger partial charge in [-0.2, -0.15) is 0 Å². The summed E-state index contributed by atoms with van der Waals surface area (Å²) in [4.78, 5) is 17.1. The van der Waals surface area contributed by atoms with Crippen LogP contribution in [0.4, 0.5) is 5.69 Å². The highest BCUT2D eigenvalue weighted by Gasteiger charge is 2.22. The number of nitro groups is 1. The molecule has 1 fully saturated rings. The normalized spacial score (nSPS) is 18.8. The number of hydrogen-bond acceptors (Lipinski definition) is 4. The third-order valence-corrected chi connectivity index (χ3v) is 4.07. The molecule has 1 aliphatic rings. The molecule has 0 bridgehead atoms. The Bertz CT molecular complexity index is 638. The van der Waals surface area contributed by atoms with Gasteiger partial charge in [-0.15, -0.1) is 0 Å². The molecule has 1 atom stereocenters. The number of rotatable bonds is 3. The van der Waals surface area contributed by atoms with Gasteiger partial charge in [-0.1, -0.05) is 6.07 Å². The number of pyridine rings is 1. The van der Waals surface area contributed by atoms with Crippen LogP contribution in [0.25, 0.3) is 11.3 Å². The number of likely N-dealkylation sites (tertiary alicyclic amines) is 1. The minimum atomic E-state index is -0.393. The Labute approximate surface area is 123 Å². The molecule has 5 nitrogen and oxygen atoms in total. The van der Waals surface area contributed by atoms with Gasteiger partial charge in [-0.05, 0) is 50.2 Å². The molecular weight excluding hydrogens is 266 g/mol. The number of nitro benzene ring substituents is 1. The van der Waals surface area contributed by atoms with Crippen molar-refractivity contribution in [2.24, 2.45) is 0 Å². The van der Waals surface area contributed by atoms with Crippen molar-refractivity contribution in [2.75, 3.05) is 13.6 Å². The molecule has 1 saturated heterocycles. The van der Waals surface area contributed by atoms with E-state index in [0.717, 1.165) is 17.8 Å². The molecule has 2 aromatic rings. The van der Waals surface area contributed by atoms with Crippen LogP contribution in [-0.4, -0.2) is 28.4 Å². The highest BCUT2D eigenvalue weighted by atomic mass is 16.6. The Morgan fingerprint density at radius 2 is 2.00 bits per heavy atom. The first-order chi connectivity index (χ1) is 10.1. The Kier molecular flexibility index (Phi) is 3.66. The van der Waals surface area contributed by atoms with E-state index in [1.807, 2.05) is 12.3 Å². The molecule has 0 radical (unpaired) electrons. The second-order valence-electron chi connectivity index (χ2n) is 5.42. The van der Waals surface area contributed by atoms with E-state index in [4.69, 9.17) is 0 Å². The Hall–Kier alpha value is -2.27. The zero-order valence-corrected chi connectivity index (χ0v) is 11.9. The molecule has 5 heteroatoms. The van der Waals surface area contributed by atoms with Crippen LogP contribution in [0.1, 0.15) is 24.4 Å². The predicted molar refractivity (Wildman–Crippen MR) is 80.9 cm³/mol. The minimum absolute atomic E-state index is 0.1000. The summed E-state index contributed by atoms with van der Waals surface area (Å²) in [7, 11) is 2.14. The van der Waals surface area contributed by atoms with Gasteiger partial charge in [-0.25, -0.2) is 0 Å². The van der Waals surface area contributed by atoms with Crippen molar-refractivity contribution in [3.63, 3.8) is 0 Å². The Morgan fingerprint density at radius 3 is 2.52 bits per heavy atom. The van der Waals surface area contributed by atoms with Gasteiger partial charge in [0.05, 0.1) is 10.6 Å². The molecule has 2 heterocycles. The monoisotopic (exact) mass is 283 g/mol. The largest absolute Gasteiger partial charge is 0.299 e. The summed E-state index contributed by atoms with van der Waals surface area (Å²) in [6.45, 7) is 1.13. The first-order valence-electron chi connectivity index (χ1n) is 7.06. The molecule has 108 valence electrons. The zero-order valence-electron chi connectivity index (χ0n) is 11.9. The lowest BCUT2D eigenvalue weighted by Crippen LogP contribution is -2.17. The third-order valence-electron chi connectivity index (χ3n) is 4.07. The number of aromatic nitrogens is 1. The maximum Gasteiger partial charge on any atom is 0.269 e. The fraction of sp³-hybridized carbons (Fsp3) is 0.312. The van der Waals surface area contributed by atoms with Gasteiger partial charge in [0.15, 0.2) is 0 Å². The zero-order chi connectivity index (χ0) is 14.8. The SMILES string of the molecule is CN1CCCC1c1ccc(-c2ccc([N+](=O)[O-])cc2)nc1. The maximum atomic E-state index is 10.7. The minimum Gasteiger partial charge on any atom is -0.299 e.